The number of hydrogen-bond acceptors (Lipinski definition) is 10. The van der Waals surface area contributed by atoms with Gasteiger partial charge in [0.25, 0.3) is 0 Å². The first kappa shape index (κ1) is 51.4. The molecule has 0 radical (unpaired) electrons. The van der Waals surface area contributed by atoms with Crippen molar-refractivity contribution in [2.45, 2.75) is 157 Å². The highest BCUT2D eigenvalue weighted by molar-refractivity contribution is 6.00. The van der Waals surface area contributed by atoms with Crippen LogP contribution in [0.3, 0.4) is 0 Å². The Morgan fingerprint density at radius 3 is 1.18 bits per heavy atom. The number of guanidine groups is 2. The van der Waals surface area contributed by atoms with Gasteiger partial charge in [0.05, 0.1) is 0 Å². The molecule has 6 N–H and O–H groups in total. The van der Waals surface area contributed by atoms with Gasteiger partial charge in [0.1, 0.15) is 22.4 Å². The summed E-state index contributed by atoms with van der Waals surface area (Å²) < 4.78 is 21.2. The van der Waals surface area contributed by atoms with Crippen LogP contribution in [0.1, 0.15) is 133 Å². The van der Waals surface area contributed by atoms with E-state index in [-0.39, 0.29) is 30.3 Å². The van der Waals surface area contributed by atoms with Crippen molar-refractivity contribution in [3.05, 3.63) is 59.7 Å². The van der Waals surface area contributed by atoms with Crippen LogP contribution in [0.5, 0.6) is 0 Å². The van der Waals surface area contributed by atoms with Gasteiger partial charge in [-0.2, -0.15) is 0 Å². The highest BCUT2D eigenvalue weighted by atomic mass is 16.6. The molecule has 18 nitrogen and oxygen atoms in total. The molecular weight excluding hydrogens is 837 g/mol. The lowest BCUT2D eigenvalue weighted by Gasteiger charge is -2.51. The molecule has 2 aromatic rings. The monoisotopic (exact) mass is 905 g/mol. The minimum atomic E-state index is -0.886. The van der Waals surface area contributed by atoms with Gasteiger partial charge in [-0.15, -0.1) is 9.98 Å². The first-order chi connectivity index (χ1) is 30.0. The Kier molecular flexibility index (Phi) is 16.4. The molecule has 6 amide bonds. The summed E-state index contributed by atoms with van der Waals surface area (Å²) in [7, 11) is 0. The number of anilines is 2. The van der Waals surface area contributed by atoms with E-state index < -0.39 is 57.6 Å². The van der Waals surface area contributed by atoms with Crippen molar-refractivity contribution in [2.75, 3.05) is 17.2 Å². The number of amides is 6. The third-order valence-corrected chi connectivity index (χ3v) is 10.2. The number of nitrogens with one attached hydrogen (secondary N) is 6. The second-order valence-electron chi connectivity index (χ2n) is 20.5. The van der Waals surface area contributed by atoms with E-state index in [9.17, 15) is 28.8 Å². The molecule has 0 atom stereocenters. The van der Waals surface area contributed by atoms with Gasteiger partial charge in [0.15, 0.2) is 0 Å². The number of ether oxygens (including phenoxy) is 4. The molecule has 2 aromatic carbocycles. The van der Waals surface area contributed by atoms with Crippen LogP contribution in [-0.2, 0) is 41.5 Å². The van der Waals surface area contributed by atoms with E-state index >= 15 is 0 Å². The topological polar surface area (TPSA) is 236 Å². The number of nitrogens with zero attached hydrogens (tertiary/aromatic N) is 2. The predicted octanol–water partition coefficient (Wildman–Crippen LogP) is 8.46. The van der Waals surface area contributed by atoms with Crippen molar-refractivity contribution in [2.24, 2.45) is 20.8 Å². The van der Waals surface area contributed by atoms with E-state index in [4.69, 9.17) is 18.9 Å². The van der Waals surface area contributed by atoms with Crippen molar-refractivity contribution >= 4 is 59.5 Å². The summed E-state index contributed by atoms with van der Waals surface area (Å²) in [5.41, 5.74) is -1.22. The predicted molar refractivity (Wildman–Crippen MR) is 247 cm³/mol. The molecule has 356 valence electrons. The Balaban J connectivity index is 1.28. The Bertz CT molecular complexity index is 2080. The van der Waals surface area contributed by atoms with Crippen molar-refractivity contribution in [1.29, 1.82) is 0 Å². The molecule has 0 unspecified atom stereocenters. The van der Waals surface area contributed by atoms with Gasteiger partial charge in [0, 0.05) is 35.3 Å². The van der Waals surface area contributed by atoms with E-state index in [1.165, 1.54) is 0 Å². The molecule has 0 aliphatic heterocycles. The summed E-state index contributed by atoms with van der Waals surface area (Å²) in [5.74, 6) is -0.366. The summed E-state index contributed by atoms with van der Waals surface area (Å²) in [4.78, 5) is 84.9. The highest BCUT2D eigenvalue weighted by Gasteiger charge is 2.55. The molecule has 0 saturated heterocycles. The Morgan fingerprint density at radius 1 is 0.492 bits per heavy atom. The first-order valence-corrected chi connectivity index (χ1v) is 21.9. The SMILES string of the molecule is CC(C)(C)OC(=O)/N=C(/NCc1ccc(NC(=O)C23CCC(C(=O)Nc4ccc(CCN/C(=N\C(=O)OC(C)(C)C)NC(=O)OC(C)(C)C)cc4)(CC2)CC3)cc1)NC(=O)OC(C)(C)C. The van der Waals surface area contributed by atoms with Gasteiger partial charge in [-0.25, -0.2) is 19.2 Å². The molecular formula is C47H68N8O10. The molecule has 0 aromatic heterocycles. The summed E-state index contributed by atoms with van der Waals surface area (Å²) in [6.45, 7) is 21.1. The van der Waals surface area contributed by atoms with Gasteiger partial charge < -0.3 is 40.2 Å². The fourth-order valence-corrected chi connectivity index (χ4v) is 7.14. The smallest absolute Gasteiger partial charge is 0.437 e. The zero-order valence-corrected chi connectivity index (χ0v) is 40.0. The molecule has 3 fully saturated rings. The lowest BCUT2D eigenvalue weighted by molar-refractivity contribution is -0.144. The van der Waals surface area contributed by atoms with Crippen LogP contribution in [0.25, 0.3) is 0 Å². The van der Waals surface area contributed by atoms with Crippen molar-refractivity contribution in [3.63, 3.8) is 0 Å². The molecule has 65 heavy (non-hydrogen) atoms. The number of benzene rings is 2. The molecule has 3 aliphatic carbocycles. The van der Waals surface area contributed by atoms with Crippen molar-refractivity contribution < 1.29 is 47.7 Å². The third-order valence-electron chi connectivity index (χ3n) is 10.2. The van der Waals surface area contributed by atoms with E-state index in [2.05, 4.69) is 41.9 Å². The highest BCUT2D eigenvalue weighted by Crippen LogP contribution is 2.57. The van der Waals surface area contributed by atoms with Gasteiger partial charge in [-0.05, 0) is 163 Å². The van der Waals surface area contributed by atoms with Crippen molar-refractivity contribution in [3.8, 4) is 0 Å². The Labute approximate surface area is 382 Å². The van der Waals surface area contributed by atoms with Crippen LogP contribution in [0.2, 0.25) is 0 Å². The lowest BCUT2D eigenvalue weighted by atomic mass is 9.53. The second kappa shape index (κ2) is 20.7. The molecule has 3 aliphatic rings. The number of aliphatic imine (C=N–C) groups is 2. The molecule has 5 rings (SSSR count). The summed E-state index contributed by atoms with van der Waals surface area (Å²) in [5, 5.41) is 17.0. The number of alkyl carbamates (subject to hydrolysis) is 2. The number of fused-ring (bicyclic) bond motifs is 3. The minimum Gasteiger partial charge on any atom is -0.444 e. The zero-order chi connectivity index (χ0) is 48.4. The van der Waals surface area contributed by atoms with Crippen LogP contribution in [-0.4, -0.2) is 77.1 Å². The second-order valence-corrected chi connectivity index (χ2v) is 20.5. The maximum atomic E-state index is 13.8. The summed E-state index contributed by atoms with van der Waals surface area (Å²) in [6, 6.07) is 14.6. The minimum absolute atomic E-state index is 0.0540. The van der Waals surface area contributed by atoms with Crippen LogP contribution >= 0.6 is 0 Å². The van der Waals surface area contributed by atoms with Gasteiger partial charge in [-0.3, -0.25) is 20.2 Å². The molecule has 3 saturated carbocycles. The summed E-state index contributed by atoms with van der Waals surface area (Å²) in [6.07, 6.45) is 0.738. The molecule has 18 heteroatoms. The van der Waals surface area contributed by atoms with Crippen LogP contribution in [0.15, 0.2) is 58.5 Å². The van der Waals surface area contributed by atoms with Gasteiger partial charge in [0.2, 0.25) is 23.7 Å². The zero-order valence-electron chi connectivity index (χ0n) is 40.0. The number of carbonyl (C=O) groups excluding carboxylic acids is 6. The van der Waals surface area contributed by atoms with E-state index in [0.717, 1.165) is 11.1 Å². The maximum Gasteiger partial charge on any atom is 0.437 e. The number of rotatable bonds is 9. The molecule has 2 bridgehead atoms. The molecule has 0 spiro atoms. The van der Waals surface area contributed by atoms with Crippen LogP contribution in [0.4, 0.5) is 30.6 Å². The van der Waals surface area contributed by atoms with Gasteiger partial charge >= 0.3 is 24.4 Å². The van der Waals surface area contributed by atoms with E-state index in [1.54, 1.807) is 95.2 Å². The van der Waals surface area contributed by atoms with Crippen molar-refractivity contribution in [1.82, 2.24) is 21.3 Å². The fraction of sp³-hybridized carbons (Fsp3) is 0.574. The van der Waals surface area contributed by atoms with E-state index in [1.807, 2.05) is 36.4 Å². The first-order valence-electron chi connectivity index (χ1n) is 21.9. The maximum absolute atomic E-state index is 13.8. The Morgan fingerprint density at radius 2 is 0.831 bits per heavy atom. The summed E-state index contributed by atoms with van der Waals surface area (Å²) >= 11 is 0. The Hall–Kier alpha value is -6.20. The number of carbonyl (C=O) groups is 6. The standard InChI is InChI=1S/C47H68N8O10/c1-42(2,3)62-38(58)52-36(53-39(59)63-43(4,5)6)48-28-21-30-13-17-32(18-14-30)50-34(56)46-22-25-47(26-23-46,27-24-46)35(57)51-33-19-15-31(16-20-33)29-49-37(54-40(60)64-44(7,8)9)55-41(61)65-45(10,11)12/h13-20H,21-29H2,1-12H3,(H,50,56)(H,51,57)(H2,48,52,53,58,59)(H2,49,54,55,60,61). The molecule has 0 heterocycles. The van der Waals surface area contributed by atoms with Gasteiger partial charge in [-0.1, -0.05) is 24.3 Å². The average molecular weight is 905 g/mol. The third kappa shape index (κ3) is 17.4. The normalized spacial score (nSPS) is 19.0. The largest absolute Gasteiger partial charge is 0.444 e. The lowest BCUT2D eigenvalue weighted by Crippen LogP contribution is -2.52. The van der Waals surface area contributed by atoms with E-state index in [0.29, 0.717) is 62.9 Å². The number of hydrogen-bond donors (Lipinski definition) is 6. The quantitative estimate of drug-likeness (QED) is 0.0790. The van der Waals surface area contributed by atoms with Crippen LogP contribution in [0, 0.1) is 10.8 Å². The fourth-order valence-electron chi connectivity index (χ4n) is 7.14. The average Bonchev–Trinajstić information content (AvgIpc) is 3.15. The van der Waals surface area contributed by atoms with Crippen LogP contribution < -0.4 is 31.9 Å².